The number of amides is 1. The largest absolute Gasteiger partial charge is 0.465 e. The highest BCUT2D eigenvalue weighted by atomic mass is 19.4. The van der Waals surface area contributed by atoms with Gasteiger partial charge < -0.3 is 10.0 Å². The molecule has 2 heterocycles. The zero-order chi connectivity index (χ0) is 17.4. The zero-order valence-corrected chi connectivity index (χ0v) is 12.2. The Morgan fingerprint density at radius 2 is 2.00 bits per heavy atom. The highest BCUT2D eigenvalue weighted by molar-refractivity contribution is 5.64. The van der Waals surface area contributed by atoms with Crippen LogP contribution in [0.4, 0.5) is 23.7 Å². The topological polar surface area (TPSA) is 102 Å². The van der Waals surface area contributed by atoms with Gasteiger partial charge >= 0.3 is 18.0 Å². The number of carboxylic acid groups (broad SMARTS) is 1. The summed E-state index contributed by atoms with van der Waals surface area (Å²) in [4.78, 5) is 21.9. The van der Waals surface area contributed by atoms with Crippen LogP contribution in [0.1, 0.15) is 24.2 Å². The fourth-order valence-electron chi connectivity index (χ4n) is 2.68. The van der Waals surface area contributed by atoms with E-state index >= 15 is 0 Å². The number of hydrogen-bond donors (Lipinski definition) is 1. The average molecular weight is 336 g/mol. The monoisotopic (exact) mass is 336 g/mol. The van der Waals surface area contributed by atoms with Crippen molar-refractivity contribution in [2.75, 3.05) is 13.1 Å². The van der Waals surface area contributed by atoms with Crippen molar-refractivity contribution < 1.29 is 28.0 Å². The molecule has 0 bridgehead atoms. The van der Waals surface area contributed by atoms with Gasteiger partial charge in [0.15, 0.2) is 0 Å². The number of carbonyl (C=O) groups is 1. The van der Waals surface area contributed by atoms with Crippen molar-refractivity contribution in [1.82, 2.24) is 14.7 Å². The molecule has 0 spiro atoms. The summed E-state index contributed by atoms with van der Waals surface area (Å²) in [5.41, 5.74) is -2.67. The number of hydrogen-bond acceptors (Lipinski definition) is 4. The second-order valence-corrected chi connectivity index (χ2v) is 5.43. The number of likely N-dealkylation sites (tertiary alicyclic amines) is 1. The van der Waals surface area contributed by atoms with Crippen LogP contribution in [0, 0.1) is 23.0 Å². The molecule has 11 heteroatoms. The molecule has 0 radical (unpaired) electrons. The van der Waals surface area contributed by atoms with E-state index in [1.807, 2.05) is 0 Å². The Morgan fingerprint density at radius 3 is 2.39 bits per heavy atom. The minimum Gasteiger partial charge on any atom is -0.465 e. The number of alkyl halides is 3. The molecule has 0 unspecified atom stereocenters. The molecule has 1 fully saturated rings. The first-order chi connectivity index (χ1) is 10.6. The van der Waals surface area contributed by atoms with Crippen molar-refractivity contribution >= 4 is 11.8 Å². The van der Waals surface area contributed by atoms with Crippen molar-refractivity contribution in [2.45, 2.75) is 32.5 Å². The quantitative estimate of drug-likeness (QED) is 0.675. The Labute approximate surface area is 128 Å². The fraction of sp³-hybridized carbons (Fsp3) is 0.667. The van der Waals surface area contributed by atoms with Gasteiger partial charge in [0.2, 0.25) is 5.69 Å². The normalized spacial score (nSPS) is 16.6. The first-order valence-electron chi connectivity index (χ1n) is 6.88. The standard InChI is InChI=1S/C12H15F3N4O4/c1-7-9(19(22)23)10(12(13,14)15)16-18(7)6-8-2-4-17(5-3-8)11(20)21/h8H,2-6H2,1H3,(H,20,21). The molecule has 1 aromatic rings. The summed E-state index contributed by atoms with van der Waals surface area (Å²) in [5, 5.41) is 23.1. The molecular formula is C12H15F3N4O4. The van der Waals surface area contributed by atoms with E-state index in [9.17, 15) is 28.1 Å². The lowest BCUT2D eigenvalue weighted by atomic mass is 9.97. The Kier molecular flexibility index (Phi) is 4.48. The van der Waals surface area contributed by atoms with Gasteiger partial charge in [-0.25, -0.2) is 4.79 Å². The van der Waals surface area contributed by atoms with Gasteiger partial charge in [0, 0.05) is 19.6 Å². The maximum absolute atomic E-state index is 12.9. The summed E-state index contributed by atoms with van der Waals surface area (Å²) in [5.74, 6) is -0.0788. The molecule has 1 saturated heterocycles. The summed E-state index contributed by atoms with van der Waals surface area (Å²) in [6.07, 6.45) is -4.99. The van der Waals surface area contributed by atoms with Gasteiger partial charge in [-0.05, 0) is 25.7 Å². The molecule has 1 amide bonds. The zero-order valence-electron chi connectivity index (χ0n) is 12.2. The number of nitro groups is 1. The molecule has 0 aliphatic carbocycles. The van der Waals surface area contributed by atoms with E-state index in [1.54, 1.807) is 0 Å². The molecule has 1 aromatic heterocycles. The summed E-state index contributed by atoms with van der Waals surface area (Å²) in [7, 11) is 0. The first kappa shape index (κ1) is 17.0. The number of nitrogens with zero attached hydrogens (tertiary/aromatic N) is 4. The van der Waals surface area contributed by atoms with Crippen LogP contribution in [-0.4, -0.2) is 43.9 Å². The summed E-state index contributed by atoms with van der Waals surface area (Å²) < 4.78 is 39.6. The van der Waals surface area contributed by atoms with Gasteiger partial charge in [0.25, 0.3) is 0 Å². The molecule has 1 aliphatic heterocycles. The molecule has 8 nitrogen and oxygen atoms in total. The van der Waals surface area contributed by atoms with Crippen molar-refractivity contribution in [3.63, 3.8) is 0 Å². The van der Waals surface area contributed by atoms with Crippen LogP contribution < -0.4 is 0 Å². The van der Waals surface area contributed by atoms with Gasteiger partial charge in [0.1, 0.15) is 5.69 Å². The maximum atomic E-state index is 12.9. The van der Waals surface area contributed by atoms with Crippen molar-refractivity contribution in [3.8, 4) is 0 Å². The van der Waals surface area contributed by atoms with E-state index in [2.05, 4.69) is 5.10 Å². The van der Waals surface area contributed by atoms with Crippen LogP contribution in [0.3, 0.4) is 0 Å². The van der Waals surface area contributed by atoms with E-state index in [1.165, 1.54) is 11.8 Å². The maximum Gasteiger partial charge on any atom is 0.442 e. The van der Waals surface area contributed by atoms with Crippen LogP contribution in [0.15, 0.2) is 0 Å². The van der Waals surface area contributed by atoms with E-state index < -0.39 is 28.6 Å². The second kappa shape index (κ2) is 6.05. The predicted octanol–water partition coefficient (Wildman–Crippen LogP) is 2.51. The van der Waals surface area contributed by atoms with Gasteiger partial charge in [-0.1, -0.05) is 0 Å². The minimum absolute atomic E-state index is 0.0788. The van der Waals surface area contributed by atoms with Crippen molar-refractivity contribution in [3.05, 3.63) is 21.5 Å². The SMILES string of the molecule is Cc1c([N+](=O)[O-])c(C(F)(F)F)nn1CC1CCN(C(=O)O)CC1. The first-order valence-corrected chi connectivity index (χ1v) is 6.88. The summed E-state index contributed by atoms with van der Waals surface area (Å²) >= 11 is 0. The minimum atomic E-state index is -4.90. The van der Waals surface area contributed by atoms with Crippen LogP contribution in [0.2, 0.25) is 0 Å². The number of halogens is 3. The lowest BCUT2D eigenvalue weighted by molar-refractivity contribution is -0.388. The Balaban J connectivity index is 2.18. The van der Waals surface area contributed by atoms with Gasteiger partial charge in [-0.3, -0.25) is 14.8 Å². The van der Waals surface area contributed by atoms with Gasteiger partial charge in [-0.2, -0.15) is 18.3 Å². The van der Waals surface area contributed by atoms with Crippen LogP contribution in [0.25, 0.3) is 0 Å². The third-order valence-electron chi connectivity index (χ3n) is 3.94. The molecule has 0 atom stereocenters. The lowest BCUT2D eigenvalue weighted by Crippen LogP contribution is -2.38. The van der Waals surface area contributed by atoms with Crippen LogP contribution in [0.5, 0.6) is 0 Å². The van der Waals surface area contributed by atoms with Crippen molar-refractivity contribution in [1.29, 1.82) is 0 Å². The van der Waals surface area contributed by atoms with Gasteiger partial charge in [-0.15, -0.1) is 0 Å². The number of aromatic nitrogens is 2. The average Bonchev–Trinajstić information content (AvgIpc) is 2.77. The van der Waals surface area contributed by atoms with E-state index in [0.717, 1.165) is 4.68 Å². The van der Waals surface area contributed by atoms with Gasteiger partial charge in [0.05, 0.1) is 4.92 Å². The van der Waals surface area contributed by atoms with Crippen molar-refractivity contribution in [2.24, 2.45) is 5.92 Å². The molecule has 0 saturated carbocycles. The Bertz CT molecular complexity index is 621. The Hall–Kier alpha value is -2.33. The van der Waals surface area contributed by atoms with E-state index in [0.29, 0.717) is 12.8 Å². The van der Waals surface area contributed by atoms with Crippen LogP contribution in [-0.2, 0) is 12.7 Å². The molecule has 23 heavy (non-hydrogen) atoms. The lowest BCUT2D eigenvalue weighted by Gasteiger charge is -2.29. The highest BCUT2D eigenvalue weighted by Crippen LogP contribution is 2.37. The third-order valence-corrected chi connectivity index (χ3v) is 3.94. The molecule has 2 rings (SSSR count). The summed E-state index contributed by atoms with van der Waals surface area (Å²) in [6.45, 7) is 1.89. The molecule has 128 valence electrons. The molecule has 1 N–H and O–H groups in total. The fourth-order valence-corrected chi connectivity index (χ4v) is 2.68. The molecule has 1 aliphatic rings. The number of piperidine rings is 1. The highest BCUT2D eigenvalue weighted by Gasteiger charge is 2.44. The second-order valence-electron chi connectivity index (χ2n) is 5.43. The molecule has 0 aromatic carbocycles. The van der Waals surface area contributed by atoms with Crippen LogP contribution >= 0.6 is 0 Å². The third kappa shape index (κ3) is 3.54. The smallest absolute Gasteiger partial charge is 0.442 e. The summed E-state index contributed by atoms with van der Waals surface area (Å²) in [6, 6.07) is 0. The van der Waals surface area contributed by atoms with E-state index in [4.69, 9.17) is 5.11 Å². The molecular weight excluding hydrogens is 321 g/mol. The Morgan fingerprint density at radius 1 is 1.43 bits per heavy atom. The van der Waals surface area contributed by atoms with E-state index in [-0.39, 0.29) is 31.2 Å². The number of rotatable bonds is 3. The predicted molar refractivity (Wildman–Crippen MR) is 70.9 cm³/mol.